The van der Waals surface area contributed by atoms with Crippen LogP contribution >= 0.6 is 0 Å². The monoisotopic (exact) mass is 1270 g/mol. The standard InChI is InChI=1S/C75H147NO13/c1-3-5-7-9-11-13-15-17-19-21-23-25-27-29-30-31-32-33-35-36-38-40-42-44-46-48-50-52-54-56-58-64(79)63(62-86-74-72(85)70(83)73(66(61-78)88-74)89-75-71(84)69(82)68(81)65(60-77)87-75)76-67(80)59-57-55-53-51-49-47-45-43-41-39-37-34-28-26-24-22-20-18-16-14-12-10-8-6-4-2/h63-66,68-75,77-79,81-85H,3-62H2,1-2H3,(H,76,80). The van der Waals surface area contributed by atoms with E-state index in [1.165, 1.54) is 302 Å². The van der Waals surface area contributed by atoms with Crippen LogP contribution in [0, 0.1) is 0 Å². The molecule has 0 aromatic heterocycles. The molecule has 530 valence electrons. The molecule has 2 rings (SSSR count). The highest BCUT2D eigenvalue weighted by molar-refractivity contribution is 5.76. The SMILES string of the molecule is CCCCCCCCCCCCCCCCCCCCCCCCCCCCCCCCC(O)C(COC1OC(CO)C(OC2OC(CO)C(O)C(O)C2O)C(O)C1O)NC(=O)CCCCCCCCCCCCCCCCCCCCCCCCCCC. The molecule has 0 aromatic carbocycles. The van der Waals surface area contributed by atoms with Gasteiger partial charge in [0.1, 0.15) is 48.8 Å². The zero-order valence-corrected chi connectivity index (χ0v) is 58.0. The summed E-state index contributed by atoms with van der Waals surface area (Å²) in [5.41, 5.74) is 0. The Kier molecular flexibility index (Phi) is 57.3. The van der Waals surface area contributed by atoms with Gasteiger partial charge in [-0.25, -0.2) is 0 Å². The second kappa shape index (κ2) is 60.6. The second-order valence-corrected chi connectivity index (χ2v) is 27.9. The van der Waals surface area contributed by atoms with Crippen molar-refractivity contribution in [1.29, 1.82) is 0 Å². The van der Waals surface area contributed by atoms with Gasteiger partial charge in [-0.1, -0.05) is 361 Å². The van der Waals surface area contributed by atoms with E-state index < -0.39 is 86.8 Å². The summed E-state index contributed by atoms with van der Waals surface area (Å²) >= 11 is 0. The number of unbranched alkanes of at least 4 members (excludes halogenated alkanes) is 53. The van der Waals surface area contributed by atoms with Gasteiger partial charge < -0.3 is 65.1 Å². The maximum absolute atomic E-state index is 13.4. The minimum absolute atomic E-state index is 0.196. The van der Waals surface area contributed by atoms with Crippen LogP contribution in [0.3, 0.4) is 0 Å². The number of hydrogen-bond donors (Lipinski definition) is 9. The highest BCUT2D eigenvalue weighted by Crippen LogP contribution is 2.30. The molecule has 2 fully saturated rings. The van der Waals surface area contributed by atoms with Crippen molar-refractivity contribution in [3.63, 3.8) is 0 Å². The molecular formula is C75H147NO13. The molecule has 14 heteroatoms. The lowest BCUT2D eigenvalue weighted by Gasteiger charge is -2.46. The summed E-state index contributed by atoms with van der Waals surface area (Å²) in [7, 11) is 0. The van der Waals surface area contributed by atoms with E-state index in [4.69, 9.17) is 18.9 Å². The third-order valence-corrected chi connectivity index (χ3v) is 19.6. The molecule has 2 aliphatic heterocycles. The first kappa shape index (κ1) is 84.1. The molecule has 0 radical (unpaired) electrons. The zero-order valence-electron chi connectivity index (χ0n) is 58.0. The van der Waals surface area contributed by atoms with E-state index >= 15 is 0 Å². The lowest BCUT2D eigenvalue weighted by Crippen LogP contribution is -2.65. The Labute approximate surface area is 546 Å². The van der Waals surface area contributed by atoms with Crippen molar-refractivity contribution in [3.8, 4) is 0 Å². The molecule has 12 unspecified atom stereocenters. The molecule has 9 N–H and O–H groups in total. The maximum atomic E-state index is 13.4. The van der Waals surface area contributed by atoms with Crippen LogP contribution in [0.15, 0.2) is 0 Å². The van der Waals surface area contributed by atoms with E-state index in [1.54, 1.807) is 0 Å². The Hall–Kier alpha value is -1.01. The smallest absolute Gasteiger partial charge is 0.220 e. The van der Waals surface area contributed by atoms with Gasteiger partial charge in [0.2, 0.25) is 5.91 Å². The first-order chi connectivity index (χ1) is 43.6. The number of aliphatic hydroxyl groups is 8. The molecule has 0 aromatic rings. The third-order valence-electron chi connectivity index (χ3n) is 19.6. The Balaban J connectivity index is 1.62. The molecule has 1 amide bonds. The van der Waals surface area contributed by atoms with Crippen LogP contribution in [0.2, 0.25) is 0 Å². The molecule has 2 aliphatic rings. The summed E-state index contributed by atoms with van der Waals surface area (Å²) in [6, 6.07) is -0.825. The van der Waals surface area contributed by atoms with Gasteiger partial charge in [-0.2, -0.15) is 0 Å². The summed E-state index contributed by atoms with van der Waals surface area (Å²) < 4.78 is 23.0. The fourth-order valence-corrected chi connectivity index (χ4v) is 13.4. The van der Waals surface area contributed by atoms with Crippen molar-refractivity contribution in [2.24, 2.45) is 0 Å². The molecule has 2 saturated heterocycles. The molecule has 0 spiro atoms. The first-order valence-electron chi connectivity index (χ1n) is 38.8. The van der Waals surface area contributed by atoms with Crippen molar-refractivity contribution in [3.05, 3.63) is 0 Å². The fraction of sp³-hybridized carbons (Fsp3) is 0.987. The number of ether oxygens (including phenoxy) is 4. The highest BCUT2D eigenvalue weighted by Gasteiger charge is 2.51. The predicted octanol–water partition coefficient (Wildman–Crippen LogP) is 16.7. The summed E-state index contributed by atoms with van der Waals surface area (Å²) in [6.45, 7) is 2.94. The van der Waals surface area contributed by atoms with Crippen LogP contribution in [0.1, 0.15) is 380 Å². The number of amides is 1. The number of rotatable bonds is 66. The summed E-state index contributed by atoms with van der Waals surface area (Å²) in [6.07, 6.45) is 57.1. The summed E-state index contributed by atoms with van der Waals surface area (Å²) in [5, 5.41) is 87.8. The van der Waals surface area contributed by atoms with Crippen LogP contribution in [-0.2, 0) is 23.7 Å². The van der Waals surface area contributed by atoms with E-state index in [2.05, 4.69) is 19.2 Å². The van der Waals surface area contributed by atoms with Crippen molar-refractivity contribution in [2.75, 3.05) is 19.8 Å². The van der Waals surface area contributed by atoms with E-state index in [0.29, 0.717) is 12.8 Å². The van der Waals surface area contributed by atoms with Gasteiger partial charge in [0.25, 0.3) is 0 Å². The average molecular weight is 1270 g/mol. The average Bonchev–Trinajstić information content (AvgIpc) is 1.27. The quantitative estimate of drug-likeness (QED) is 0.0259. The minimum atomic E-state index is -1.78. The van der Waals surface area contributed by atoms with E-state index in [0.717, 1.165) is 51.4 Å². The Bertz CT molecular complexity index is 1500. The van der Waals surface area contributed by atoms with E-state index in [9.17, 15) is 45.6 Å². The summed E-state index contributed by atoms with van der Waals surface area (Å²) in [5.74, 6) is -0.196. The van der Waals surface area contributed by atoms with Crippen molar-refractivity contribution in [1.82, 2.24) is 5.32 Å². The van der Waals surface area contributed by atoms with Crippen molar-refractivity contribution >= 4 is 5.91 Å². The van der Waals surface area contributed by atoms with Crippen LogP contribution in [0.5, 0.6) is 0 Å². The Morgan fingerprint density at radius 1 is 0.360 bits per heavy atom. The van der Waals surface area contributed by atoms with Gasteiger partial charge >= 0.3 is 0 Å². The zero-order chi connectivity index (χ0) is 64.5. The third kappa shape index (κ3) is 44.4. The molecule has 14 nitrogen and oxygen atoms in total. The van der Waals surface area contributed by atoms with Crippen LogP contribution < -0.4 is 5.32 Å². The molecule has 0 bridgehead atoms. The first-order valence-corrected chi connectivity index (χ1v) is 38.8. The van der Waals surface area contributed by atoms with Crippen molar-refractivity contribution in [2.45, 2.75) is 453 Å². The minimum Gasteiger partial charge on any atom is -0.394 e. The fourth-order valence-electron chi connectivity index (χ4n) is 13.4. The largest absolute Gasteiger partial charge is 0.394 e. The number of nitrogens with one attached hydrogen (secondary N) is 1. The second-order valence-electron chi connectivity index (χ2n) is 27.9. The van der Waals surface area contributed by atoms with Gasteiger partial charge in [0.05, 0.1) is 32.0 Å². The maximum Gasteiger partial charge on any atom is 0.220 e. The van der Waals surface area contributed by atoms with E-state index in [1.807, 2.05) is 0 Å². The van der Waals surface area contributed by atoms with Gasteiger partial charge in [-0.3, -0.25) is 4.79 Å². The Morgan fingerprint density at radius 3 is 0.955 bits per heavy atom. The number of aliphatic hydroxyl groups excluding tert-OH is 8. The van der Waals surface area contributed by atoms with Crippen LogP contribution in [0.4, 0.5) is 0 Å². The van der Waals surface area contributed by atoms with Crippen LogP contribution in [0.25, 0.3) is 0 Å². The van der Waals surface area contributed by atoms with Crippen LogP contribution in [-0.4, -0.2) is 140 Å². The molecule has 0 saturated carbocycles. The molecule has 2 heterocycles. The van der Waals surface area contributed by atoms with Gasteiger partial charge in [0.15, 0.2) is 12.6 Å². The molecular weight excluding hydrogens is 1120 g/mol. The molecule has 0 aliphatic carbocycles. The topological polar surface area (TPSA) is 228 Å². The number of carbonyl (C=O) groups is 1. The van der Waals surface area contributed by atoms with Gasteiger partial charge in [-0.15, -0.1) is 0 Å². The number of hydrogen-bond acceptors (Lipinski definition) is 13. The van der Waals surface area contributed by atoms with Gasteiger partial charge in [-0.05, 0) is 12.8 Å². The molecule has 12 atom stereocenters. The Morgan fingerprint density at radius 2 is 0.640 bits per heavy atom. The number of carbonyl (C=O) groups excluding carboxylic acids is 1. The van der Waals surface area contributed by atoms with E-state index in [-0.39, 0.29) is 12.5 Å². The van der Waals surface area contributed by atoms with Gasteiger partial charge in [0, 0.05) is 6.42 Å². The highest BCUT2D eigenvalue weighted by atomic mass is 16.7. The lowest BCUT2D eigenvalue weighted by molar-refractivity contribution is -0.359. The normalized spacial score (nSPS) is 22.9. The lowest BCUT2D eigenvalue weighted by atomic mass is 9.97. The predicted molar refractivity (Wildman–Crippen MR) is 365 cm³/mol. The summed E-state index contributed by atoms with van der Waals surface area (Å²) in [4.78, 5) is 13.4. The molecule has 89 heavy (non-hydrogen) atoms. The van der Waals surface area contributed by atoms with Crippen molar-refractivity contribution < 1.29 is 64.6 Å².